The molecule has 2 saturated heterocycles. The maximum atomic E-state index is 4.24. The second-order valence-corrected chi connectivity index (χ2v) is 6.33. The molecule has 0 spiro atoms. The minimum atomic E-state index is 0.768. The van der Waals surface area contributed by atoms with Crippen molar-refractivity contribution in [2.75, 3.05) is 38.5 Å². The Labute approximate surface area is 119 Å². The molecule has 0 saturated carbocycles. The van der Waals surface area contributed by atoms with Gasteiger partial charge in [0.15, 0.2) is 0 Å². The molecule has 0 aliphatic carbocycles. The van der Waals surface area contributed by atoms with Crippen LogP contribution in [-0.2, 0) is 6.54 Å². The Morgan fingerprint density at radius 1 is 1.26 bits per heavy atom. The van der Waals surface area contributed by atoms with Gasteiger partial charge in [-0.05, 0) is 32.4 Å². The molecule has 1 N–H and O–H groups in total. The molecule has 1 aromatic heterocycles. The molecule has 19 heavy (non-hydrogen) atoms. The topological polar surface area (TPSA) is 44.3 Å². The van der Waals surface area contributed by atoms with E-state index in [0.29, 0.717) is 0 Å². The van der Waals surface area contributed by atoms with Crippen LogP contribution in [0.3, 0.4) is 0 Å². The van der Waals surface area contributed by atoms with E-state index >= 15 is 0 Å². The molecule has 0 amide bonds. The van der Waals surface area contributed by atoms with Crippen LogP contribution in [0.1, 0.15) is 31.4 Å². The van der Waals surface area contributed by atoms with Crippen LogP contribution < -0.4 is 5.32 Å². The number of likely N-dealkylation sites (tertiary alicyclic amines) is 2. The Kier molecular flexibility index (Phi) is 4.30. The predicted molar refractivity (Wildman–Crippen MR) is 78.6 cm³/mol. The Balaban J connectivity index is 1.54. The minimum absolute atomic E-state index is 0.768. The zero-order valence-electron chi connectivity index (χ0n) is 11.6. The summed E-state index contributed by atoms with van der Waals surface area (Å²) in [5.41, 5.74) is 1.10. The largest absolute Gasteiger partial charge is 0.377 e. The number of hydrogen-bond acceptors (Lipinski definition) is 6. The van der Waals surface area contributed by atoms with Crippen LogP contribution in [0.4, 0.5) is 5.00 Å². The number of hydrogen-bond donors (Lipinski definition) is 1. The lowest BCUT2D eigenvalue weighted by atomic mass is 10.1. The molecule has 0 aromatic carbocycles. The average molecular weight is 281 g/mol. The van der Waals surface area contributed by atoms with Crippen molar-refractivity contribution in [1.82, 2.24) is 19.4 Å². The maximum absolute atomic E-state index is 4.24. The fourth-order valence-corrected chi connectivity index (χ4v) is 3.77. The van der Waals surface area contributed by atoms with Gasteiger partial charge in [-0.3, -0.25) is 9.80 Å². The molecule has 2 fully saturated rings. The summed E-state index contributed by atoms with van der Waals surface area (Å²) in [6.07, 6.45) is 5.50. The number of nitrogens with zero attached hydrogens (tertiary/aromatic N) is 4. The van der Waals surface area contributed by atoms with Crippen molar-refractivity contribution in [2.45, 2.75) is 38.3 Å². The third kappa shape index (κ3) is 3.07. The summed E-state index contributed by atoms with van der Waals surface area (Å²) in [7, 11) is 1.94. The lowest BCUT2D eigenvalue weighted by molar-refractivity contribution is 0.161. The first-order chi connectivity index (χ1) is 9.36. The number of anilines is 1. The van der Waals surface area contributed by atoms with Gasteiger partial charge in [0.05, 0.1) is 0 Å². The highest BCUT2D eigenvalue weighted by molar-refractivity contribution is 7.10. The fraction of sp³-hybridized carbons (Fsp3) is 0.846. The van der Waals surface area contributed by atoms with Crippen molar-refractivity contribution in [3.63, 3.8) is 0 Å². The maximum Gasteiger partial charge on any atom is 0.134 e. The highest BCUT2D eigenvalue weighted by Crippen LogP contribution is 2.24. The minimum Gasteiger partial charge on any atom is -0.377 e. The smallest absolute Gasteiger partial charge is 0.134 e. The van der Waals surface area contributed by atoms with Gasteiger partial charge in [0.25, 0.3) is 0 Å². The van der Waals surface area contributed by atoms with E-state index in [-0.39, 0.29) is 0 Å². The summed E-state index contributed by atoms with van der Waals surface area (Å²) in [6, 6.07) is 0.768. The number of nitrogens with one attached hydrogen (secondary N) is 1. The predicted octanol–water partition coefficient (Wildman–Crippen LogP) is 1.64. The number of aromatic nitrogens is 2. The van der Waals surface area contributed by atoms with Crippen LogP contribution in [0.5, 0.6) is 0 Å². The van der Waals surface area contributed by atoms with Crippen molar-refractivity contribution in [3.8, 4) is 0 Å². The van der Waals surface area contributed by atoms with E-state index in [9.17, 15) is 0 Å². The highest BCUT2D eigenvalue weighted by Gasteiger charge is 2.29. The van der Waals surface area contributed by atoms with Gasteiger partial charge in [-0.1, -0.05) is 10.9 Å². The van der Waals surface area contributed by atoms with E-state index in [1.165, 1.54) is 63.4 Å². The van der Waals surface area contributed by atoms with Gasteiger partial charge in [-0.25, -0.2) is 0 Å². The Bertz CT molecular complexity index is 401. The molecule has 3 rings (SSSR count). The van der Waals surface area contributed by atoms with Gasteiger partial charge < -0.3 is 5.32 Å². The summed E-state index contributed by atoms with van der Waals surface area (Å²) >= 11 is 1.45. The summed E-state index contributed by atoms with van der Waals surface area (Å²) in [5.74, 6) is 0. The number of rotatable bonds is 4. The SMILES string of the molecule is CNc1snnc1CN1CCC(N2CCCCC2)C1. The first-order valence-electron chi connectivity index (χ1n) is 7.32. The van der Waals surface area contributed by atoms with E-state index in [2.05, 4.69) is 24.7 Å². The van der Waals surface area contributed by atoms with Crippen LogP contribution in [0, 0.1) is 0 Å². The van der Waals surface area contributed by atoms with E-state index in [1.807, 2.05) is 7.05 Å². The second kappa shape index (κ2) is 6.15. The van der Waals surface area contributed by atoms with Gasteiger partial charge in [-0.2, -0.15) is 0 Å². The first kappa shape index (κ1) is 13.3. The Hall–Kier alpha value is -0.720. The van der Waals surface area contributed by atoms with E-state index in [4.69, 9.17) is 0 Å². The van der Waals surface area contributed by atoms with Crippen LogP contribution in [0.15, 0.2) is 0 Å². The third-order valence-electron chi connectivity index (χ3n) is 4.31. The van der Waals surface area contributed by atoms with E-state index in [0.717, 1.165) is 23.3 Å². The van der Waals surface area contributed by atoms with Gasteiger partial charge in [-0.15, -0.1) is 5.10 Å². The zero-order valence-corrected chi connectivity index (χ0v) is 12.5. The second-order valence-electron chi connectivity index (χ2n) is 5.57. The quantitative estimate of drug-likeness (QED) is 0.909. The van der Waals surface area contributed by atoms with Gasteiger partial charge in [0.1, 0.15) is 10.7 Å². The molecule has 5 nitrogen and oxygen atoms in total. The molecule has 1 aromatic rings. The van der Waals surface area contributed by atoms with Crippen molar-refractivity contribution in [1.29, 1.82) is 0 Å². The first-order valence-corrected chi connectivity index (χ1v) is 8.09. The standard InChI is InChI=1S/C13H23N5S/c1-14-13-12(15-16-19-13)10-17-8-5-11(9-17)18-6-3-2-4-7-18/h11,14H,2-10H2,1H3. The molecule has 3 heterocycles. The zero-order chi connectivity index (χ0) is 13.1. The Morgan fingerprint density at radius 2 is 2.11 bits per heavy atom. The molecule has 2 aliphatic heterocycles. The molecule has 106 valence electrons. The molecular weight excluding hydrogens is 258 g/mol. The van der Waals surface area contributed by atoms with Crippen LogP contribution >= 0.6 is 11.5 Å². The van der Waals surface area contributed by atoms with Crippen molar-refractivity contribution in [3.05, 3.63) is 5.69 Å². The molecular formula is C13H23N5S. The van der Waals surface area contributed by atoms with Gasteiger partial charge in [0, 0.05) is 44.3 Å². The molecule has 0 bridgehead atoms. The molecule has 1 atom stereocenters. The number of piperidine rings is 1. The van der Waals surface area contributed by atoms with E-state index < -0.39 is 0 Å². The van der Waals surface area contributed by atoms with Crippen molar-refractivity contribution >= 4 is 16.5 Å². The Morgan fingerprint density at radius 3 is 2.89 bits per heavy atom. The average Bonchev–Trinajstić information content (AvgIpc) is 3.09. The van der Waals surface area contributed by atoms with Crippen LogP contribution in [0.25, 0.3) is 0 Å². The van der Waals surface area contributed by atoms with Crippen molar-refractivity contribution in [2.24, 2.45) is 0 Å². The summed E-state index contributed by atoms with van der Waals surface area (Å²) in [4.78, 5) is 5.22. The molecule has 2 aliphatic rings. The fourth-order valence-electron chi connectivity index (χ4n) is 3.25. The monoisotopic (exact) mass is 281 g/mol. The van der Waals surface area contributed by atoms with Crippen LogP contribution in [-0.4, -0.2) is 58.7 Å². The van der Waals surface area contributed by atoms with Crippen molar-refractivity contribution < 1.29 is 0 Å². The van der Waals surface area contributed by atoms with Crippen LogP contribution in [0.2, 0.25) is 0 Å². The van der Waals surface area contributed by atoms with Gasteiger partial charge >= 0.3 is 0 Å². The third-order valence-corrected chi connectivity index (χ3v) is 5.10. The molecule has 6 heteroatoms. The highest BCUT2D eigenvalue weighted by atomic mass is 32.1. The molecule has 0 radical (unpaired) electrons. The summed E-state index contributed by atoms with van der Waals surface area (Å²) in [6.45, 7) is 5.94. The lowest BCUT2D eigenvalue weighted by Crippen LogP contribution is -2.40. The summed E-state index contributed by atoms with van der Waals surface area (Å²) < 4.78 is 4.04. The normalized spacial score (nSPS) is 25.8. The summed E-state index contributed by atoms with van der Waals surface area (Å²) in [5, 5.41) is 8.53. The molecule has 1 unspecified atom stereocenters. The van der Waals surface area contributed by atoms with Gasteiger partial charge in [0.2, 0.25) is 0 Å². The lowest BCUT2D eigenvalue weighted by Gasteiger charge is -2.32. The van der Waals surface area contributed by atoms with E-state index in [1.54, 1.807) is 0 Å².